The molecule has 2 N–H and O–H groups in total. The maximum atomic E-state index is 12.2. The topological polar surface area (TPSA) is 101 Å². The van der Waals surface area contributed by atoms with Crippen LogP contribution in [0.3, 0.4) is 0 Å². The highest BCUT2D eigenvalue weighted by Crippen LogP contribution is 2.12. The van der Waals surface area contributed by atoms with E-state index in [2.05, 4.69) is 5.32 Å². The summed E-state index contributed by atoms with van der Waals surface area (Å²) in [4.78, 5) is 23.5. The molecule has 24 heavy (non-hydrogen) atoms. The van der Waals surface area contributed by atoms with Crippen LogP contribution in [0, 0.1) is 0 Å². The third-order valence-electron chi connectivity index (χ3n) is 3.42. The number of carboxylic acid groups (broad SMARTS) is 1. The normalized spacial score (nSPS) is 12.3. The van der Waals surface area contributed by atoms with Crippen molar-refractivity contribution in [1.29, 1.82) is 0 Å². The largest absolute Gasteiger partial charge is 0.480 e. The van der Waals surface area contributed by atoms with Gasteiger partial charge in [0.25, 0.3) is 5.91 Å². The number of hydrogen-bond acceptors (Lipinski definition) is 4. The Balaban J connectivity index is 2.04. The van der Waals surface area contributed by atoms with Crippen molar-refractivity contribution < 1.29 is 23.1 Å². The first-order valence-corrected chi connectivity index (χ1v) is 8.92. The van der Waals surface area contributed by atoms with Gasteiger partial charge >= 0.3 is 5.97 Å². The summed E-state index contributed by atoms with van der Waals surface area (Å²) in [5, 5.41) is 11.6. The fraction of sp³-hybridized carbons (Fsp3) is 0.176. The minimum atomic E-state index is -3.60. The van der Waals surface area contributed by atoms with Crippen LogP contribution in [0.25, 0.3) is 0 Å². The molecule has 1 amide bonds. The number of carbonyl (C=O) groups excluding carboxylic acids is 1. The second-order valence-electron chi connectivity index (χ2n) is 5.15. The Kier molecular flexibility index (Phi) is 5.70. The molecule has 0 aliphatic heterocycles. The van der Waals surface area contributed by atoms with Gasteiger partial charge < -0.3 is 10.4 Å². The minimum Gasteiger partial charge on any atom is -0.480 e. The summed E-state index contributed by atoms with van der Waals surface area (Å²) in [6.45, 7) is 0. The summed E-state index contributed by atoms with van der Waals surface area (Å²) >= 11 is 0. The Morgan fingerprint density at radius 2 is 1.50 bits per heavy atom. The molecular formula is C17H17NO5S. The lowest BCUT2D eigenvalue weighted by Gasteiger charge is -2.14. The van der Waals surface area contributed by atoms with Crippen molar-refractivity contribution in [3.63, 3.8) is 0 Å². The van der Waals surface area contributed by atoms with Crippen molar-refractivity contribution in [2.45, 2.75) is 17.4 Å². The molecule has 6 nitrogen and oxygen atoms in total. The van der Waals surface area contributed by atoms with Crippen LogP contribution in [0.2, 0.25) is 0 Å². The maximum absolute atomic E-state index is 12.2. The standard InChI is InChI=1S/C17H17NO5S/c19-16(13-7-3-1-4-8-13)18-15(17(20)21)11-12-24(22,23)14-9-5-2-6-10-14/h1-10,15H,11-12H2,(H,18,19)(H,20,21)/t15-/m1/s1. The molecule has 2 aromatic carbocycles. The van der Waals surface area contributed by atoms with E-state index in [1.165, 1.54) is 12.1 Å². The molecule has 2 rings (SSSR count). The maximum Gasteiger partial charge on any atom is 0.326 e. The second kappa shape index (κ2) is 7.74. The summed E-state index contributed by atoms with van der Waals surface area (Å²) in [6, 6.07) is 14.7. The molecule has 0 saturated carbocycles. The van der Waals surface area contributed by atoms with Crippen molar-refractivity contribution >= 4 is 21.7 Å². The predicted octanol–water partition coefficient (Wildman–Crippen LogP) is 1.73. The third-order valence-corrected chi connectivity index (χ3v) is 5.18. The van der Waals surface area contributed by atoms with Crippen molar-refractivity contribution in [1.82, 2.24) is 5.32 Å². The number of amides is 1. The fourth-order valence-corrected chi connectivity index (χ4v) is 3.46. The number of carbonyl (C=O) groups is 2. The Hall–Kier alpha value is -2.67. The van der Waals surface area contributed by atoms with Gasteiger partial charge in [-0.15, -0.1) is 0 Å². The molecule has 2 aromatic rings. The number of aliphatic carboxylic acids is 1. The zero-order valence-corrected chi connectivity index (χ0v) is 13.6. The molecule has 7 heteroatoms. The van der Waals surface area contributed by atoms with E-state index in [9.17, 15) is 23.1 Å². The highest BCUT2D eigenvalue weighted by Gasteiger charge is 2.24. The van der Waals surface area contributed by atoms with Crippen molar-refractivity contribution in [3.05, 3.63) is 66.2 Å². The van der Waals surface area contributed by atoms with Gasteiger partial charge in [-0.3, -0.25) is 4.79 Å². The summed E-state index contributed by atoms with van der Waals surface area (Å²) in [6.07, 6.45) is -0.217. The Labute approximate surface area is 140 Å². The van der Waals surface area contributed by atoms with Crippen molar-refractivity contribution in [2.24, 2.45) is 0 Å². The zero-order valence-electron chi connectivity index (χ0n) is 12.8. The lowest BCUT2D eigenvalue weighted by atomic mass is 10.1. The van der Waals surface area contributed by atoms with E-state index < -0.39 is 27.8 Å². The lowest BCUT2D eigenvalue weighted by molar-refractivity contribution is -0.139. The van der Waals surface area contributed by atoms with Crippen molar-refractivity contribution in [3.8, 4) is 0 Å². The van der Waals surface area contributed by atoms with Gasteiger partial charge in [0.15, 0.2) is 9.84 Å². The minimum absolute atomic E-state index is 0.128. The monoisotopic (exact) mass is 347 g/mol. The van der Waals surface area contributed by atoms with Crippen LogP contribution in [0.5, 0.6) is 0 Å². The van der Waals surface area contributed by atoms with Gasteiger partial charge in [-0.1, -0.05) is 36.4 Å². The molecule has 0 radical (unpaired) electrons. The van der Waals surface area contributed by atoms with Crippen LogP contribution in [-0.2, 0) is 14.6 Å². The zero-order chi connectivity index (χ0) is 17.6. The van der Waals surface area contributed by atoms with Crippen LogP contribution in [0.4, 0.5) is 0 Å². The summed E-state index contributed by atoms with van der Waals surface area (Å²) in [5.41, 5.74) is 0.315. The Morgan fingerprint density at radius 3 is 2.04 bits per heavy atom. The summed E-state index contributed by atoms with van der Waals surface area (Å²) in [7, 11) is -3.60. The first kappa shape index (κ1) is 17.7. The summed E-state index contributed by atoms with van der Waals surface area (Å²) < 4.78 is 24.4. The average Bonchev–Trinajstić information content (AvgIpc) is 2.59. The molecular weight excluding hydrogens is 330 g/mol. The van der Waals surface area contributed by atoms with Crippen LogP contribution >= 0.6 is 0 Å². The fourth-order valence-electron chi connectivity index (χ4n) is 2.11. The van der Waals surface area contributed by atoms with Gasteiger partial charge in [-0.2, -0.15) is 0 Å². The van der Waals surface area contributed by atoms with Gasteiger partial charge in [0.2, 0.25) is 0 Å². The second-order valence-corrected chi connectivity index (χ2v) is 7.26. The molecule has 0 bridgehead atoms. The van der Waals surface area contributed by atoms with E-state index in [1.54, 1.807) is 48.5 Å². The molecule has 0 unspecified atom stereocenters. The first-order chi connectivity index (χ1) is 11.4. The summed E-state index contributed by atoms with van der Waals surface area (Å²) in [5.74, 6) is -2.20. The van der Waals surface area contributed by atoms with E-state index in [4.69, 9.17) is 0 Å². The molecule has 0 heterocycles. The van der Waals surface area contributed by atoms with E-state index >= 15 is 0 Å². The molecule has 0 fully saturated rings. The van der Waals surface area contributed by atoms with Gasteiger partial charge in [0.1, 0.15) is 6.04 Å². The predicted molar refractivity (Wildman–Crippen MR) is 88.4 cm³/mol. The van der Waals surface area contributed by atoms with Crippen LogP contribution in [0.1, 0.15) is 16.8 Å². The molecule has 126 valence electrons. The Bertz CT molecular complexity index is 803. The highest BCUT2D eigenvalue weighted by molar-refractivity contribution is 7.91. The highest BCUT2D eigenvalue weighted by atomic mass is 32.2. The van der Waals surface area contributed by atoms with E-state index in [-0.39, 0.29) is 17.1 Å². The van der Waals surface area contributed by atoms with Crippen LogP contribution in [-0.4, -0.2) is 37.2 Å². The van der Waals surface area contributed by atoms with Gasteiger partial charge in [-0.25, -0.2) is 13.2 Å². The van der Waals surface area contributed by atoms with E-state index in [0.717, 1.165) is 0 Å². The van der Waals surface area contributed by atoms with Crippen LogP contribution in [0.15, 0.2) is 65.6 Å². The van der Waals surface area contributed by atoms with E-state index in [0.29, 0.717) is 5.56 Å². The molecule has 0 spiro atoms. The number of rotatable bonds is 7. The van der Waals surface area contributed by atoms with Crippen LogP contribution < -0.4 is 5.32 Å². The number of nitrogens with one attached hydrogen (secondary N) is 1. The van der Waals surface area contributed by atoms with E-state index in [1.807, 2.05) is 0 Å². The smallest absolute Gasteiger partial charge is 0.326 e. The molecule has 0 aromatic heterocycles. The first-order valence-electron chi connectivity index (χ1n) is 7.26. The number of hydrogen-bond donors (Lipinski definition) is 2. The number of benzene rings is 2. The third kappa shape index (κ3) is 4.66. The molecule has 1 atom stereocenters. The lowest BCUT2D eigenvalue weighted by Crippen LogP contribution is -2.41. The average molecular weight is 347 g/mol. The quantitative estimate of drug-likeness (QED) is 0.794. The van der Waals surface area contributed by atoms with Gasteiger partial charge in [0, 0.05) is 5.56 Å². The number of carboxylic acids is 1. The molecule has 0 aliphatic rings. The SMILES string of the molecule is O=C(N[C@H](CCS(=O)(=O)c1ccccc1)C(=O)O)c1ccccc1. The molecule has 0 saturated heterocycles. The Morgan fingerprint density at radius 1 is 0.958 bits per heavy atom. The van der Waals surface area contributed by atoms with Gasteiger partial charge in [-0.05, 0) is 30.7 Å². The number of sulfone groups is 1. The van der Waals surface area contributed by atoms with Crippen molar-refractivity contribution in [2.75, 3.05) is 5.75 Å². The van der Waals surface area contributed by atoms with Gasteiger partial charge in [0.05, 0.1) is 10.6 Å². The molecule has 0 aliphatic carbocycles.